The van der Waals surface area contributed by atoms with E-state index in [1.54, 1.807) is 12.1 Å². The Kier molecular flexibility index (Phi) is 2.76. The summed E-state index contributed by atoms with van der Waals surface area (Å²) >= 11 is 0. The van der Waals surface area contributed by atoms with Crippen LogP contribution in [0.1, 0.15) is 24.6 Å². The van der Waals surface area contributed by atoms with Crippen LogP contribution in [0.3, 0.4) is 0 Å². The fraction of sp³-hybridized carbons (Fsp3) is 0.273. The summed E-state index contributed by atoms with van der Waals surface area (Å²) in [4.78, 5) is 22.5. The van der Waals surface area contributed by atoms with Crippen molar-refractivity contribution < 1.29 is 9.59 Å². The molecule has 0 bridgehead atoms. The molecule has 5 heteroatoms. The molecule has 0 N–H and O–H groups in total. The van der Waals surface area contributed by atoms with Gasteiger partial charge < -0.3 is 4.79 Å². The molecule has 0 fully saturated rings. The van der Waals surface area contributed by atoms with Crippen molar-refractivity contribution in [2.24, 2.45) is 0 Å². The number of carbonyl (C=O) groups excluding carboxylic acids is 2. The van der Waals surface area contributed by atoms with Crippen LogP contribution in [0, 0.1) is 0 Å². The highest BCUT2D eigenvalue weighted by Crippen LogP contribution is 2.10. The van der Waals surface area contributed by atoms with E-state index in [1.165, 1.54) is 11.6 Å². The molecule has 0 spiro atoms. The van der Waals surface area contributed by atoms with Crippen LogP contribution >= 0.6 is 0 Å². The van der Waals surface area contributed by atoms with Gasteiger partial charge >= 0.3 is 0 Å². The highest BCUT2D eigenvalue weighted by atomic mass is 16.2. The Morgan fingerprint density at radius 3 is 2.75 bits per heavy atom. The topological polar surface area (TPSA) is 64.8 Å². The van der Waals surface area contributed by atoms with Gasteiger partial charge in [-0.1, -0.05) is 17.3 Å². The molecule has 0 saturated heterocycles. The zero-order valence-electron chi connectivity index (χ0n) is 8.88. The predicted molar refractivity (Wildman–Crippen MR) is 58.1 cm³/mol. The molecule has 1 heterocycles. The van der Waals surface area contributed by atoms with E-state index in [2.05, 4.69) is 10.3 Å². The van der Waals surface area contributed by atoms with E-state index in [9.17, 15) is 9.59 Å². The summed E-state index contributed by atoms with van der Waals surface area (Å²) in [6.45, 7) is 1.47. The number of nitrogens with zero attached hydrogens (tertiary/aromatic N) is 3. The molecule has 0 saturated carbocycles. The summed E-state index contributed by atoms with van der Waals surface area (Å²) in [5.41, 5.74) is 1.36. The van der Waals surface area contributed by atoms with Gasteiger partial charge in [0.05, 0.1) is 5.52 Å². The molecular formula is C11H11N3O2. The molecular weight excluding hydrogens is 206 g/mol. The normalized spacial score (nSPS) is 10.6. The van der Waals surface area contributed by atoms with Gasteiger partial charge in [0.2, 0.25) is 5.91 Å². The summed E-state index contributed by atoms with van der Waals surface area (Å²) < 4.78 is 1.25. The molecule has 5 nitrogen and oxygen atoms in total. The lowest BCUT2D eigenvalue weighted by atomic mass is 10.2. The van der Waals surface area contributed by atoms with Gasteiger partial charge in [-0.05, 0) is 19.1 Å². The number of hydrogen-bond acceptors (Lipinski definition) is 4. The predicted octanol–water partition coefficient (Wildman–Crippen LogP) is 1.44. The molecule has 0 unspecified atom stereocenters. The first kappa shape index (κ1) is 10.5. The van der Waals surface area contributed by atoms with Crippen molar-refractivity contribution in [1.82, 2.24) is 15.0 Å². The summed E-state index contributed by atoms with van der Waals surface area (Å²) in [5.74, 6) is -0.207. The van der Waals surface area contributed by atoms with E-state index in [0.717, 1.165) is 0 Å². The molecule has 1 aromatic heterocycles. The van der Waals surface area contributed by atoms with Gasteiger partial charge in [0.25, 0.3) is 0 Å². The SMILES string of the molecule is CC(=O)CCC(=O)n1nnc2ccccc21. The zero-order valence-corrected chi connectivity index (χ0v) is 8.88. The monoisotopic (exact) mass is 217 g/mol. The van der Waals surface area contributed by atoms with Crippen LogP contribution in [-0.2, 0) is 4.79 Å². The molecule has 0 aliphatic rings. The Morgan fingerprint density at radius 1 is 1.25 bits per heavy atom. The fourth-order valence-corrected chi connectivity index (χ4v) is 1.44. The van der Waals surface area contributed by atoms with Gasteiger partial charge in [-0.15, -0.1) is 5.10 Å². The number of fused-ring (bicyclic) bond motifs is 1. The smallest absolute Gasteiger partial charge is 0.249 e. The van der Waals surface area contributed by atoms with Crippen molar-refractivity contribution in [2.75, 3.05) is 0 Å². The molecule has 0 atom stereocenters. The molecule has 2 rings (SSSR count). The maximum Gasteiger partial charge on any atom is 0.249 e. The van der Waals surface area contributed by atoms with Crippen molar-refractivity contribution in [3.63, 3.8) is 0 Å². The lowest BCUT2D eigenvalue weighted by Crippen LogP contribution is -2.13. The Hall–Kier alpha value is -2.04. The van der Waals surface area contributed by atoms with Gasteiger partial charge in [-0.3, -0.25) is 4.79 Å². The van der Waals surface area contributed by atoms with E-state index in [-0.39, 0.29) is 24.5 Å². The van der Waals surface area contributed by atoms with E-state index in [4.69, 9.17) is 0 Å². The van der Waals surface area contributed by atoms with E-state index >= 15 is 0 Å². The van der Waals surface area contributed by atoms with Gasteiger partial charge in [0.1, 0.15) is 11.3 Å². The second-order valence-corrected chi connectivity index (χ2v) is 3.59. The van der Waals surface area contributed by atoms with Crippen LogP contribution in [0.15, 0.2) is 24.3 Å². The van der Waals surface area contributed by atoms with Crippen LogP contribution < -0.4 is 0 Å². The van der Waals surface area contributed by atoms with Crippen LogP contribution in [0.25, 0.3) is 11.0 Å². The fourth-order valence-electron chi connectivity index (χ4n) is 1.44. The molecule has 2 aromatic rings. The minimum atomic E-state index is -0.205. The average Bonchev–Trinajstić information content (AvgIpc) is 2.69. The number of rotatable bonds is 3. The van der Waals surface area contributed by atoms with Gasteiger partial charge in [0, 0.05) is 12.8 Å². The van der Waals surface area contributed by atoms with Crippen LogP contribution in [0.2, 0.25) is 0 Å². The molecule has 0 radical (unpaired) electrons. The van der Waals surface area contributed by atoms with E-state index in [1.807, 2.05) is 12.1 Å². The van der Waals surface area contributed by atoms with Gasteiger partial charge in [-0.25, -0.2) is 0 Å². The Morgan fingerprint density at radius 2 is 2.00 bits per heavy atom. The first-order valence-electron chi connectivity index (χ1n) is 5.01. The molecule has 82 valence electrons. The number of Topliss-reactive ketones (excluding diaryl/α,β-unsaturated/α-hetero) is 1. The molecule has 0 aliphatic heterocycles. The quantitative estimate of drug-likeness (QED) is 0.780. The van der Waals surface area contributed by atoms with Gasteiger partial charge in [-0.2, -0.15) is 4.68 Å². The molecule has 1 aromatic carbocycles. The summed E-state index contributed by atoms with van der Waals surface area (Å²) in [6, 6.07) is 7.22. The standard InChI is InChI=1S/C11H11N3O2/c1-8(15)6-7-11(16)14-10-5-3-2-4-9(10)12-13-14/h2-5H,6-7H2,1H3. The number of aromatic nitrogens is 3. The van der Waals surface area contributed by atoms with Crippen molar-refractivity contribution in [1.29, 1.82) is 0 Å². The van der Waals surface area contributed by atoms with Crippen molar-refractivity contribution in [2.45, 2.75) is 19.8 Å². The van der Waals surface area contributed by atoms with Crippen LogP contribution in [0.4, 0.5) is 0 Å². The van der Waals surface area contributed by atoms with Crippen molar-refractivity contribution >= 4 is 22.7 Å². The highest BCUT2D eigenvalue weighted by Gasteiger charge is 2.11. The third-order valence-electron chi connectivity index (χ3n) is 2.28. The largest absolute Gasteiger partial charge is 0.300 e. The van der Waals surface area contributed by atoms with Crippen LogP contribution in [0.5, 0.6) is 0 Å². The minimum absolute atomic E-state index is 0.00206. The third kappa shape index (κ3) is 1.98. The second kappa shape index (κ2) is 4.22. The number of ketones is 1. The first-order chi connectivity index (χ1) is 7.68. The molecule has 0 amide bonds. The summed E-state index contributed by atoms with van der Waals surface area (Å²) in [5, 5.41) is 7.65. The van der Waals surface area contributed by atoms with Crippen molar-refractivity contribution in [3.8, 4) is 0 Å². The Bertz CT molecular complexity index is 545. The lowest BCUT2D eigenvalue weighted by molar-refractivity contribution is -0.117. The van der Waals surface area contributed by atoms with Crippen LogP contribution in [-0.4, -0.2) is 26.7 Å². The van der Waals surface area contributed by atoms with E-state index < -0.39 is 0 Å². The minimum Gasteiger partial charge on any atom is -0.300 e. The van der Waals surface area contributed by atoms with Gasteiger partial charge in [0.15, 0.2) is 0 Å². The maximum atomic E-state index is 11.7. The third-order valence-corrected chi connectivity index (χ3v) is 2.28. The Labute approximate surface area is 92.1 Å². The van der Waals surface area contributed by atoms with E-state index in [0.29, 0.717) is 11.0 Å². The summed E-state index contributed by atoms with van der Waals surface area (Å²) in [6.07, 6.45) is 0.412. The van der Waals surface area contributed by atoms with Crippen molar-refractivity contribution in [3.05, 3.63) is 24.3 Å². The number of hydrogen-bond donors (Lipinski definition) is 0. The average molecular weight is 217 g/mol. The Balaban J connectivity index is 2.26. The first-order valence-corrected chi connectivity index (χ1v) is 5.01. The zero-order chi connectivity index (χ0) is 11.5. The second-order valence-electron chi connectivity index (χ2n) is 3.59. The summed E-state index contributed by atoms with van der Waals surface area (Å²) in [7, 11) is 0. The number of carbonyl (C=O) groups is 2. The maximum absolute atomic E-state index is 11.7. The highest BCUT2D eigenvalue weighted by molar-refractivity contribution is 5.90. The molecule has 0 aliphatic carbocycles. The number of benzene rings is 1. The lowest BCUT2D eigenvalue weighted by Gasteiger charge is -1.98. The number of para-hydroxylation sites is 1. The molecule has 16 heavy (non-hydrogen) atoms.